The molecule has 0 bridgehead atoms. The number of furan rings is 1. The van der Waals surface area contributed by atoms with Crippen LogP contribution in [0.2, 0.25) is 0 Å². The summed E-state index contributed by atoms with van der Waals surface area (Å²) in [6.45, 7) is 2.02. The molecule has 2 aromatic rings. The van der Waals surface area contributed by atoms with Crippen LogP contribution in [0.15, 0.2) is 51.8 Å². The maximum Gasteiger partial charge on any atom is 0.293 e. The number of rotatable bonds is 5. The summed E-state index contributed by atoms with van der Waals surface area (Å²) >= 11 is 0.902. The predicted octanol–water partition coefficient (Wildman–Crippen LogP) is 3.05. The van der Waals surface area contributed by atoms with Crippen LogP contribution in [-0.2, 0) is 4.79 Å². The Kier molecular flexibility index (Phi) is 5.04. The zero-order valence-corrected chi connectivity index (χ0v) is 14.3. The van der Waals surface area contributed by atoms with Crippen LogP contribution >= 0.6 is 11.8 Å². The molecule has 1 aliphatic rings. The molecule has 128 valence electrons. The molecule has 3 amide bonds. The van der Waals surface area contributed by atoms with Crippen LogP contribution in [0.1, 0.15) is 21.9 Å². The van der Waals surface area contributed by atoms with E-state index in [1.54, 1.807) is 25.1 Å². The Balaban J connectivity index is 1.58. The van der Waals surface area contributed by atoms with Crippen LogP contribution in [0.4, 0.5) is 4.79 Å². The standard InChI is InChI=1S/C18H16N2O4S/c1-12-7-8-14(24-12)16(21)19-9-10-20-17(22)15(25-18(20)23)11-13-5-3-2-4-6-13/h2-8,11H,9-10H2,1H3,(H,19,21). The number of carbonyl (C=O) groups excluding carboxylic acids is 3. The summed E-state index contributed by atoms with van der Waals surface area (Å²) < 4.78 is 5.22. The number of aryl methyl sites for hydroxylation is 1. The van der Waals surface area contributed by atoms with E-state index in [1.807, 2.05) is 30.3 Å². The van der Waals surface area contributed by atoms with Gasteiger partial charge in [-0.2, -0.15) is 0 Å². The summed E-state index contributed by atoms with van der Waals surface area (Å²) in [6.07, 6.45) is 1.69. The Morgan fingerprint density at radius 1 is 1.20 bits per heavy atom. The minimum atomic E-state index is -0.375. The number of hydrogen-bond donors (Lipinski definition) is 1. The van der Waals surface area contributed by atoms with Gasteiger partial charge in [0.15, 0.2) is 5.76 Å². The van der Waals surface area contributed by atoms with Crippen LogP contribution in [0.25, 0.3) is 6.08 Å². The van der Waals surface area contributed by atoms with Gasteiger partial charge in [-0.3, -0.25) is 19.3 Å². The number of benzene rings is 1. The molecule has 6 nitrogen and oxygen atoms in total. The molecular weight excluding hydrogens is 340 g/mol. The van der Waals surface area contributed by atoms with Crippen molar-refractivity contribution in [2.24, 2.45) is 0 Å². The first kappa shape index (κ1) is 17.0. The Hall–Kier alpha value is -2.80. The molecule has 1 aromatic heterocycles. The molecule has 1 fully saturated rings. The molecule has 1 saturated heterocycles. The number of imide groups is 1. The lowest BCUT2D eigenvalue weighted by atomic mass is 10.2. The normalized spacial score (nSPS) is 15.9. The quantitative estimate of drug-likeness (QED) is 0.833. The van der Waals surface area contributed by atoms with Gasteiger partial charge in [-0.15, -0.1) is 0 Å². The monoisotopic (exact) mass is 356 g/mol. The molecule has 0 radical (unpaired) electrons. The average Bonchev–Trinajstić information content (AvgIpc) is 3.14. The number of hydrogen-bond acceptors (Lipinski definition) is 5. The molecule has 1 aromatic carbocycles. The first-order valence-corrected chi connectivity index (χ1v) is 8.51. The molecule has 1 N–H and O–H groups in total. The molecule has 0 spiro atoms. The van der Waals surface area contributed by atoms with Crippen molar-refractivity contribution in [2.75, 3.05) is 13.1 Å². The average molecular weight is 356 g/mol. The van der Waals surface area contributed by atoms with E-state index < -0.39 is 0 Å². The van der Waals surface area contributed by atoms with Gasteiger partial charge in [0.25, 0.3) is 17.1 Å². The van der Waals surface area contributed by atoms with Gasteiger partial charge in [0, 0.05) is 13.1 Å². The molecule has 25 heavy (non-hydrogen) atoms. The van der Waals surface area contributed by atoms with Gasteiger partial charge in [-0.25, -0.2) is 0 Å². The molecule has 0 atom stereocenters. The largest absolute Gasteiger partial charge is 0.456 e. The number of nitrogens with zero attached hydrogens (tertiary/aromatic N) is 1. The molecule has 1 aliphatic heterocycles. The fraction of sp³-hybridized carbons (Fsp3) is 0.167. The maximum atomic E-state index is 12.4. The number of amides is 3. The van der Waals surface area contributed by atoms with Gasteiger partial charge in [-0.1, -0.05) is 30.3 Å². The van der Waals surface area contributed by atoms with E-state index >= 15 is 0 Å². The highest BCUT2D eigenvalue weighted by atomic mass is 32.2. The summed E-state index contributed by atoms with van der Waals surface area (Å²) in [6, 6.07) is 12.6. The predicted molar refractivity (Wildman–Crippen MR) is 94.9 cm³/mol. The fourth-order valence-corrected chi connectivity index (χ4v) is 3.18. The zero-order valence-electron chi connectivity index (χ0n) is 13.5. The molecule has 0 unspecified atom stereocenters. The van der Waals surface area contributed by atoms with Crippen molar-refractivity contribution in [3.8, 4) is 0 Å². The lowest BCUT2D eigenvalue weighted by Gasteiger charge is -2.12. The van der Waals surface area contributed by atoms with E-state index in [-0.39, 0.29) is 35.9 Å². The van der Waals surface area contributed by atoms with Gasteiger partial charge < -0.3 is 9.73 Å². The Morgan fingerprint density at radius 2 is 1.96 bits per heavy atom. The van der Waals surface area contributed by atoms with E-state index in [9.17, 15) is 14.4 Å². The topological polar surface area (TPSA) is 79.6 Å². The van der Waals surface area contributed by atoms with Crippen molar-refractivity contribution < 1.29 is 18.8 Å². The second kappa shape index (κ2) is 7.40. The van der Waals surface area contributed by atoms with Gasteiger partial charge in [0.1, 0.15) is 5.76 Å². The minimum Gasteiger partial charge on any atom is -0.456 e. The van der Waals surface area contributed by atoms with Crippen molar-refractivity contribution in [1.82, 2.24) is 10.2 Å². The molecule has 3 rings (SSSR count). The van der Waals surface area contributed by atoms with E-state index in [0.717, 1.165) is 22.2 Å². The third kappa shape index (κ3) is 4.00. The van der Waals surface area contributed by atoms with Gasteiger partial charge in [-0.05, 0) is 42.5 Å². The Morgan fingerprint density at radius 3 is 2.64 bits per heavy atom. The van der Waals surface area contributed by atoms with Gasteiger partial charge in [0.2, 0.25) is 0 Å². The Labute approximate surface area is 148 Å². The third-order valence-corrected chi connectivity index (χ3v) is 4.46. The van der Waals surface area contributed by atoms with Crippen molar-refractivity contribution in [1.29, 1.82) is 0 Å². The number of nitrogens with one attached hydrogen (secondary N) is 1. The summed E-state index contributed by atoms with van der Waals surface area (Å²) in [5, 5.41) is 2.30. The summed E-state index contributed by atoms with van der Waals surface area (Å²) in [7, 11) is 0. The molecule has 7 heteroatoms. The summed E-state index contributed by atoms with van der Waals surface area (Å²) in [5.74, 6) is 0.125. The lowest BCUT2D eigenvalue weighted by molar-refractivity contribution is -0.122. The van der Waals surface area contributed by atoms with E-state index in [4.69, 9.17) is 4.42 Å². The Bertz CT molecular complexity index is 842. The van der Waals surface area contributed by atoms with Crippen LogP contribution in [0.3, 0.4) is 0 Å². The van der Waals surface area contributed by atoms with Crippen LogP contribution in [-0.4, -0.2) is 35.0 Å². The summed E-state index contributed by atoms with van der Waals surface area (Å²) in [4.78, 5) is 37.8. The SMILES string of the molecule is Cc1ccc(C(=O)NCCN2C(=O)SC(=Cc3ccccc3)C2=O)o1. The van der Waals surface area contributed by atoms with Crippen molar-refractivity contribution in [3.05, 3.63) is 64.5 Å². The summed E-state index contributed by atoms with van der Waals surface area (Å²) in [5.41, 5.74) is 0.856. The van der Waals surface area contributed by atoms with Gasteiger partial charge in [0.05, 0.1) is 4.91 Å². The minimum absolute atomic E-state index is 0.113. The lowest BCUT2D eigenvalue weighted by Crippen LogP contribution is -2.37. The van der Waals surface area contributed by atoms with Crippen LogP contribution in [0, 0.1) is 6.92 Å². The molecular formula is C18H16N2O4S. The van der Waals surface area contributed by atoms with Crippen LogP contribution < -0.4 is 5.32 Å². The van der Waals surface area contributed by atoms with E-state index in [0.29, 0.717) is 10.7 Å². The van der Waals surface area contributed by atoms with Crippen molar-refractivity contribution in [2.45, 2.75) is 6.92 Å². The van der Waals surface area contributed by atoms with Crippen molar-refractivity contribution in [3.63, 3.8) is 0 Å². The van der Waals surface area contributed by atoms with E-state index in [1.165, 1.54) is 0 Å². The second-order valence-corrected chi connectivity index (χ2v) is 6.40. The highest BCUT2D eigenvalue weighted by Crippen LogP contribution is 2.31. The van der Waals surface area contributed by atoms with E-state index in [2.05, 4.69) is 5.32 Å². The first-order chi connectivity index (χ1) is 12.0. The highest BCUT2D eigenvalue weighted by molar-refractivity contribution is 8.18. The maximum absolute atomic E-state index is 12.4. The third-order valence-electron chi connectivity index (χ3n) is 3.56. The highest BCUT2D eigenvalue weighted by Gasteiger charge is 2.34. The molecule has 0 saturated carbocycles. The smallest absolute Gasteiger partial charge is 0.293 e. The number of carbonyl (C=O) groups is 3. The zero-order chi connectivity index (χ0) is 17.8. The fourth-order valence-electron chi connectivity index (χ4n) is 2.32. The van der Waals surface area contributed by atoms with Crippen LogP contribution in [0.5, 0.6) is 0 Å². The second-order valence-electron chi connectivity index (χ2n) is 5.41. The number of thioether (sulfide) groups is 1. The molecule has 2 heterocycles. The van der Waals surface area contributed by atoms with Crippen molar-refractivity contribution >= 4 is 34.9 Å². The molecule has 0 aliphatic carbocycles. The van der Waals surface area contributed by atoms with Gasteiger partial charge >= 0.3 is 0 Å². The first-order valence-electron chi connectivity index (χ1n) is 7.69.